The van der Waals surface area contributed by atoms with Crippen molar-refractivity contribution in [1.82, 2.24) is 4.90 Å². The fourth-order valence-corrected chi connectivity index (χ4v) is 3.02. The molecule has 1 aromatic carbocycles. The standard InChI is InChI=1S/C18H30N4.HI/c1-3-16-9-6-10-17(14-16)21-18(19)20-11-7-13-22-12-5-4-8-15(22)2;/h6,9-10,14-15H,3-5,7-8,11-13H2,1-2H3,(H3,19,20,21);1H. The molecule has 130 valence electrons. The molecule has 1 heterocycles. The topological polar surface area (TPSA) is 53.6 Å². The number of rotatable bonds is 6. The van der Waals surface area contributed by atoms with Crippen LogP contribution in [0.25, 0.3) is 0 Å². The van der Waals surface area contributed by atoms with Gasteiger partial charge in [-0.05, 0) is 56.8 Å². The van der Waals surface area contributed by atoms with E-state index in [-0.39, 0.29) is 24.0 Å². The van der Waals surface area contributed by atoms with Crippen LogP contribution in [0, 0.1) is 0 Å². The summed E-state index contributed by atoms with van der Waals surface area (Å²) in [6.45, 7) is 7.64. The Hall–Kier alpha value is -0.820. The van der Waals surface area contributed by atoms with Crippen molar-refractivity contribution in [1.29, 1.82) is 0 Å². The van der Waals surface area contributed by atoms with Crippen molar-refractivity contribution in [2.24, 2.45) is 10.7 Å². The molecule has 1 fully saturated rings. The number of anilines is 1. The fraction of sp³-hybridized carbons (Fsp3) is 0.611. The minimum atomic E-state index is 0. The van der Waals surface area contributed by atoms with Crippen LogP contribution in [-0.2, 0) is 6.42 Å². The molecule has 5 heteroatoms. The summed E-state index contributed by atoms with van der Waals surface area (Å²) in [6, 6.07) is 9.05. The van der Waals surface area contributed by atoms with Crippen LogP contribution >= 0.6 is 24.0 Å². The molecule has 23 heavy (non-hydrogen) atoms. The quantitative estimate of drug-likeness (QED) is 0.312. The monoisotopic (exact) mass is 430 g/mol. The molecule has 0 amide bonds. The predicted molar refractivity (Wildman–Crippen MR) is 111 cm³/mol. The van der Waals surface area contributed by atoms with E-state index in [1.54, 1.807) is 0 Å². The van der Waals surface area contributed by atoms with E-state index in [1.807, 2.05) is 12.1 Å². The molecule has 0 saturated carbocycles. The Morgan fingerprint density at radius 3 is 2.96 bits per heavy atom. The fourth-order valence-electron chi connectivity index (χ4n) is 3.02. The summed E-state index contributed by atoms with van der Waals surface area (Å²) in [5.41, 5.74) is 8.29. The van der Waals surface area contributed by atoms with Crippen LogP contribution in [0.4, 0.5) is 5.69 Å². The molecule has 2 rings (SSSR count). The van der Waals surface area contributed by atoms with Crippen LogP contribution in [0.1, 0.15) is 45.1 Å². The van der Waals surface area contributed by atoms with Gasteiger partial charge in [-0.1, -0.05) is 25.5 Å². The second-order valence-electron chi connectivity index (χ2n) is 6.18. The number of guanidine groups is 1. The van der Waals surface area contributed by atoms with E-state index in [9.17, 15) is 0 Å². The average Bonchev–Trinajstić information content (AvgIpc) is 2.53. The van der Waals surface area contributed by atoms with Gasteiger partial charge in [0.25, 0.3) is 0 Å². The third-order valence-electron chi connectivity index (χ3n) is 4.43. The summed E-state index contributed by atoms with van der Waals surface area (Å²) in [5, 5.41) is 3.18. The van der Waals surface area contributed by atoms with Gasteiger partial charge in [0.1, 0.15) is 0 Å². The number of piperidine rings is 1. The first kappa shape index (κ1) is 20.2. The normalized spacial score (nSPS) is 19.2. The molecule has 1 aliphatic rings. The Morgan fingerprint density at radius 1 is 1.39 bits per heavy atom. The molecule has 0 aromatic heterocycles. The van der Waals surface area contributed by atoms with E-state index in [1.165, 1.54) is 31.4 Å². The van der Waals surface area contributed by atoms with Crippen molar-refractivity contribution in [2.45, 2.75) is 52.0 Å². The highest BCUT2D eigenvalue weighted by atomic mass is 127. The minimum Gasteiger partial charge on any atom is -0.370 e. The van der Waals surface area contributed by atoms with Crippen molar-refractivity contribution in [3.63, 3.8) is 0 Å². The van der Waals surface area contributed by atoms with E-state index < -0.39 is 0 Å². The Balaban J connectivity index is 0.00000264. The zero-order valence-corrected chi connectivity index (χ0v) is 16.8. The summed E-state index contributed by atoms with van der Waals surface area (Å²) in [4.78, 5) is 7.02. The van der Waals surface area contributed by atoms with Crippen molar-refractivity contribution >= 4 is 35.6 Å². The van der Waals surface area contributed by atoms with Crippen molar-refractivity contribution in [3.05, 3.63) is 29.8 Å². The molecular formula is C18H31IN4. The summed E-state index contributed by atoms with van der Waals surface area (Å²) >= 11 is 0. The molecule has 1 aliphatic heterocycles. The van der Waals surface area contributed by atoms with E-state index in [4.69, 9.17) is 5.73 Å². The van der Waals surface area contributed by atoms with E-state index in [0.717, 1.165) is 37.7 Å². The van der Waals surface area contributed by atoms with Gasteiger partial charge >= 0.3 is 0 Å². The number of nitrogens with zero attached hydrogens (tertiary/aromatic N) is 2. The number of nitrogens with one attached hydrogen (secondary N) is 1. The van der Waals surface area contributed by atoms with Gasteiger partial charge in [-0.2, -0.15) is 0 Å². The maximum absolute atomic E-state index is 5.97. The average molecular weight is 430 g/mol. The Morgan fingerprint density at radius 2 is 2.22 bits per heavy atom. The second kappa shape index (κ2) is 10.9. The van der Waals surface area contributed by atoms with Gasteiger partial charge in [-0.25, -0.2) is 0 Å². The number of aliphatic imine (C=N–C) groups is 1. The molecule has 0 radical (unpaired) electrons. The third kappa shape index (κ3) is 7.08. The third-order valence-corrected chi connectivity index (χ3v) is 4.43. The molecule has 4 nitrogen and oxygen atoms in total. The Bertz CT molecular complexity index is 490. The highest BCUT2D eigenvalue weighted by Gasteiger charge is 2.16. The summed E-state index contributed by atoms with van der Waals surface area (Å²) in [6.07, 6.45) is 6.15. The first-order chi connectivity index (χ1) is 10.7. The molecule has 3 N–H and O–H groups in total. The first-order valence-electron chi connectivity index (χ1n) is 8.59. The number of benzene rings is 1. The number of hydrogen-bond acceptors (Lipinski definition) is 2. The van der Waals surface area contributed by atoms with Crippen LogP contribution in [0.5, 0.6) is 0 Å². The minimum absolute atomic E-state index is 0. The highest BCUT2D eigenvalue weighted by molar-refractivity contribution is 14.0. The maximum Gasteiger partial charge on any atom is 0.193 e. The van der Waals surface area contributed by atoms with Crippen LogP contribution in [0.2, 0.25) is 0 Å². The first-order valence-corrected chi connectivity index (χ1v) is 8.59. The number of halogens is 1. The SMILES string of the molecule is CCc1cccc(NC(N)=NCCCN2CCCCC2C)c1.I. The van der Waals surface area contributed by atoms with E-state index in [2.05, 4.69) is 41.2 Å². The van der Waals surface area contributed by atoms with Gasteiger partial charge < -0.3 is 16.0 Å². The van der Waals surface area contributed by atoms with Crippen molar-refractivity contribution in [3.8, 4) is 0 Å². The molecule has 1 atom stereocenters. The van der Waals surface area contributed by atoms with Gasteiger partial charge in [0.05, 0.1) is 0 Å². The number of aryl methyl sites for hydroxylation is 1. The molecule has 1 saturated heterocycles. The van der Waals surface area contributed by atoms with Gasteiger partial charge in [0.15, 0.2) is 5.96 Å². The molecule has 0 spiro atoms. The summed E-state index contributed by atoms with van der Waals surface area (Å²) < 4.78 is 0. The van der Waals surface area contributed by atoms with Gasteiger partial charge in [-0.15, -0.1) is 24.0 Å². The zero-order chi connectivity index (χ0) is 15.8. The Labute approximate surface area is 157 Å². The number of likely N-dealkylation sites (tertiary alicyclic amines) is 1. The molecule has 0 bridgehead atoms. The maximum atomic E-state index is 5.97. The van der Waals surface area contributed by atoms with Gasteiger partial charge in [-0.3, -0.25) is 4.99 Å². The largest absolute Gasteiger partial charge is 0.370 e. The van der Waals surface area contributed by atoms with E-state index in [0.29, 0.717) is 5.96 Å². The van der Waals surface area contributed by atoms with E-state index >= 15 is 0 Å². The van der Waals surface area contributed by atoms with Crippen LogP contribution in [0.3, 0.4) is 0 Å². The number of nitrogens with two attached hydrogens (primary N) is 1. The van der Waals surface area contributed by atoms with Crippen LogP contribution < -0.4 is 11.1 Å². The van der Waals surface area contributed by atoms with Gasteiger partial charge in [0.2, 0.25) is 0 Å². The van der Waals surface area contributed by atoms with Crippen LogP contribution in [0.15, 0.2) is 29.3 Å². The Kier molecular flexibility index (Phi) is 9.55. The zero-order valence-electron chi connectivity index (χ0n) is 14.4. The lowest BCUT2D eigenvalue weighted by atomic mass is 10.0. The van der Waals surface area contributed by atoms with Gasteiger partial charge in [0, 0.05) is 24.8 Å². The second-order valence-corrected chi connectivity index (χ2v) is 6.18. The summed E-state index contributed by atoms with van der Waals surface area (Å²) in [5.74, 6) is 0.514. The van der Waals surface area contributed by atoms with Crippen molar-refractivity contribution in [2.75, 3.05) is 25.0 Å². The smallest absolute Gasteiger partial charge is 0.193 e. The molecule has 0 aliphatic carbocycles. The predicted octanol–water partition coefficient (Wildman–Crippen LogP) is 3.86. The lowest BCUT2D eigenvalue weighted by Crippen LogP contribution is -2.38. The lowest BCUT2D eigenvalue weighted by molar-refractivity contribution is 0.160. The van der Waals surface area contributed by atoms with Crippen molar-refractivity contribution < 1.29 is 0 Å². The highest BCUT2D eigenvalue weighted by Crippen LogP contribution is 2.16. The summed E-state index contributed by atoms with van der Waals surface area (Å²) in [7, 11) is 0. The van der Waals surface area contributed by atoms with Crippen LogP contribution in [-0.4, -0.2) is 36.5 Å². The number of hydrogen-bond donors (Lipinski definition) is 2. The molecular weight excluding hydrogens is 399 g/mol. The lowest BCUT2D eigenvalue weighted by Gasteiger charge is -2.33. The molecule has 1 aromatic rings. The molecule has 1 unspecified atom stereocenters.